The second-order valence-corrected chi connectivity index (χ2v) is 8.53. The number of hydrogen-bond acceptors (Lipinski definition) is 3. The molecule has 33 heavy (non-hydrogen) atoms. The number of carboxylic acids is 1. The van der Waals surface area contributed by atoms with E-state index in [-0.39, 0.29) is 30.4 Å². The van der Waals surface area contributed by atoms with Crippen LogP contribution in [-0.2, 0) is 16.0 Å². The number of ether oxygens (including phenoxy) is 1. The fraction of sp³-hybridized carbons (Fsp3) is 0.231. The van der Waals surface area contributed by atoms with Crippen molar-refractivity contribution < 1.29 is 23.8 Å². The van der Waals surface area contributed by atoms with Crippen LogP contribution in [0.4, 0.5) is 9.18 Å². The van der Waals surface area contributed by atoms with Crippen molar-refractivity contribution in [2.24, 2.45) is 0 Å². The zero-order chi connectivity index (χ0) is 23.5. The summed E-state index contributed by atoms with van der Waals surface area (Å²) < 4.78 is 19.5. The van der Waals surface area contributed by atoms with Gasteiger partial charge in [0, 0.05) is 19.0 Å². The van der Waals surface area contributed by atoms with Crippen LogP contribution in [0.25, 0.3) is 11.1 Å². The summed E-state index contributed by atoms with van der Waals surface area (Å²) in [6.07, 6.45) is -0.774. The van der Waals surface area contributed by atoms with E-state index in [0.29, 0.717) is 5.56 Å². The van der Waals surface area contributed by atoms with E-state index in [1.54, 1.807) is 6.07 Å². The summed E-state index contributed by atoms with van der Waals surface area (Å²) in [5, 5.41) is 9.32. The first kappa shape index (κ1) is 22.8. The maximum atomic E-state index is 13.8. The number of rotatable bonds is 7. The summed E-state index contributed by atoms with van der Waals surface area (Å²) in [7, 11) is 1.50. The van der Waals surface area contributed by atoms with Crippen LogP contribution in [0.1, 0.15) is 29.0 Å². The number of halogens is 2. The van der Waals surface area contributed by atoms with E-state index in [1.807, 2.05) is 36.4 Å². The van der Waals surface area contributed by atoms with E-state index in [0.717, 1.165) is 22.3 Å². The van der Waals surface area contributed by atoms with Gasteiger partial charge in [0.2, 0.25) is 0 Å². The lowest BCUT2D eigenvalue weighted by atomic mass is 9.98. The Labute approximate surface area is 196 Å². The molecule has 1 aliphatic carbocycles. The van der Waals surface area contributed by atoms with E-state index in [2.05, 4.69) is 12.1 Å². The second-order valence-electron chi connectivity index (χ2n) is 8.12. The van der Waals surface area contributed by atoms with Gasteiger partial charge >= 0.3 is 12.1 Å². The monoisotopic (exact) mass is 467 g/mol. The largest absolute Gasteiger partial charge is 0.481 e. The van der Waals surface area contributed by atoms with Crippen molar-refractivity contribution in [2.45, 2.75) is 24.8 Å². The normalized spacial score (nSPS) is 13.2. The minimum absolute atomic E-state index is 0.0153. The number of carbonyl (C=O) groups excluding carboxylic acids is 1. The van der Waals surface area contributed by atoms with Crippen LogP contribution in [0, 0.1) is 5.82 Å². The van der Waals surface area contributed by atoms with Crippen LogP contribution in [0.15, 0.2) is 66.7 Å². The number of carboxylic acid groups (broad SMARTS) is 1. The molecule has 0 fully saturated rings. The Morgan fingerprint density at radius 3 is 2.24 bits per heavy atom. The van der Waals surface area contributed by atoms with Crippen molar-refractivity contribution in [2.75, 3.05) is 13.7 Å². The Morgan fingerprint density at radius 2 is 1.67 bits per heavy atom. The van der Waals surface area contributed by atoms with Crippen molar-refractivity contribution in [3.05, 3.63) is 94.3 Å². The number of amides is 1. The molecule has 0 aromatic heterocycles. The van der Waals surface area contributed by atoms with Gasteiger partial charge in [-0.05, 0) is 46.4 Å². The predicted octanol–water partition coefficient (Wildman–Crippen LogP) is 5.75. The van der Waals surface area contributed by atoms with Gasteiger partial charge in [-0.2, -0.15) is 0 Å². The average Bonchev–Trinajstić information content (AvgIpc) is 3.12. The standard InChI is InChI=1S/C26H23ClFNO4/c1-29(17(14-25(30)31)12-16-10-11-23(27)24(28)13-16)26(32)33-15-22-20-8-4-2-6-18(20)19-7-3-5-9-21(19)22/h2-11,13,17,22H,12,14-15H2,1H3,(H,30,31)/t17-/m0/s1. The lowest BCUT2D eigenvalue weighted by Gasteiger charge is -2.27. The Kier molecular flexibility index (Phi) is 6.65. The van der Waals surface area contributed by atoms with Crippen LogP contribution in [0.3, 0.4) is 0 Å². The third-order valence-corrected chi connectivity index (χ3v) is 6.34. The third kappa shape index (κ3) is 4.86. The molecule has 1 N–H and O–H groups in total. The first-order valence-corrected chi connectivity index (χ1v) is 11.0. The van der Waals surface area contributed by atoms with Crippen molar-refractivity contribution in [3.8, 4) is 11.1 Å². The van der Waals surface area contributed by atoms with Crippen molar-refractivity contribution in [1.29, 1.82) is 0 Å². The SMILES string of the molecule is CN(C(=O)OCC1c2ccccc2-c2ccccc21)[C@H](CC(=O)O)Cc1ccc(Cl)c(F)c1. The summed E-state index contributed by atoms with van der Waals surface area (Å²) in [5.74, 6) is -1.75. The molecule has 170 valence electrons. The fourth-order valence-electron chi connectivity index (χ4n) is 4.33. The highest BCUT2D eigenvalue weighted by molar-refractivity contribution is 6.30. The van der Waals surface area contributed by atoms with Gasteiger partial charge in [-0.15, -0.1) is 0 Å². The van der Waals surface area contributed by atoms with Gasteiger partial charge in [0.15, 0.2) is 0 Å². The van der Waals surface area contributed by atoms with Crippen molar-refractivity contribution in [3.63, 3.8) is 0 Å². The zero-order valence-electron chi connectivity index (χ0n) is 18.0. The number of hydrogen-bond donors (Lipinski definition) is 1. The molecule has 1 aliphatic rings. The highest BCUT2D eigenvalue weighted by Gasteiger charge is 2.30. The Balaban J connectivity index is 1.48. The van der Waals surface area contributed by atoms with Crippen molar-refractivity contribution in [1.82, 2.24) is 4.90 Å². The molecular weight excluding hydrogens is 445 g/mol. The molecule has 0 saturated carbocycles. The molecule has 0 bridgehead atoms. The second kappa shape index (κ2) is 9.63. The first-order chi connectivity index (χ1) is 15.8. The fourth-order valence-corrected chi connectivity index (χ4v) is 4.45. The molecule has 0 spiro atoms. The molecule has 0 saturated heterocycles. The molecule has 0 aliphatic heterocycles. The highest BCUT2D eigenvalue weighted by Crippen LogP contribution is 2.44. The molecule has 4 rings (SSSR count). The highest BCUT2D eigenvalue weighted by atomic mass is 35.5. The van der Waals surface area contributed by atoms with Gasteiger partial charge in [0.05, 0.1) is 11.4 Å². The molecule has 3 aromatic carbocycles. The maximum absolute atomic E-state index is 13.8. The number of likely N-dealkylation sites (N-methyl/N-ethyl adjacent to an activating group) is 1. The predicted molar refractivity (Wildman–Crippen MR) is 124 cm³/mol. The summed E-state index contributed by atoms with van der Waals surface area (Å²) in [6.45, 7) is 0.132. The number of carbonyl (C=O) groups is 2. The molecule has 1 amide bonds. The molecule has 5 nitrogen and oxygen atoms in total. The number of nitrogens with zero attached hydrogens (tertiary/aromatic N) is 1. The van der Waals surface area contributed by atoms with E-state index in [1.165, 1.54) is 24.1 Å². The zero-order valence-corrected chi connectivity index (χ0v) is 18.8. The lowest BCUT2D eigenvalue weighted by Crippen LogP contribution is -2.40. The molecule has 3 aromatic rings. The molecule has 1 atom stereocenters. The van der Waals surface area contributed by atoms with Crippen LogP contribution in [-0.4, -0.2) is 41.8 Å². The Morgan fingerprint density at radius 1 is 1.06 bits per heavy atom. The van der Waals surface area contributed by atoms with Crippen LogP contribution < -0.4 is 0 Å². The third-order valence-electron chi connectivity index (χ3n) is 6.04. The Bertz CT molecular complexity index is 1150. The molecule has 0 radical (unpaired) electrons. The minimum Gasteiger partial charge on any atom is -0.481 e. The smallest absolute Gasteiger partial charge is 0.409 e. The van der Waals surface area contributed by atoms with Gasteiger partial charge in [-0.3, -0.25) is 4.79 Å². The van der Waals surface area contributed by atoms with Crippen molar-refractivity contribution >= 4 is 23.7 Å². The molecule has 0 unspecified atom stereocenters. The summed E-state index contributed by atoms with van der Waals surface area (Å²) in [6, 6.07) is 19.6. The van der Waals surface area contributed by atoms with E-state index in [9.17, 15) is 19.1 Å². The molecule has 7 heteroatoms. The lowest BCUT2D eigenvalue weighted by molar-refractivity contribution is -0.138. The number of aliphatic carboxylic acids is 1. The average molecular weight is 468 g/mol. The van der Waals surface area contributed by atoms with Gasteiger partial charge in [-0.25, -0.2) is 9.18 Å². The molecule has 0 heterocycles. The summed E-state index contributed by atoms with van der Waals surface area (Å²) in [4.78, 5) is 25.6. The van der Waals surface area contributed by atoms with Gasteiger partial charge < -0.3 is 14.7 Å². The summed E-state index contributed by atoms with van der Waals surface area (Å²) >= 11 is 5.74. The minimum atomic E-state index is -1.06. The first-order valence-electron chi connectivity index (χ1n) is 10.6. The number of fused-ring (bicyclic) bond motifs is 3. The summed E-state index contributed by atoms with van der Waals surface area (Å²) in [5.41, 5.74) is 4.97. The maximum Gasteiger partial charge on any atom is 0.409 e. The van der Waals surface area contributed by atoms with Gasteiger partial charge in [-0.1, -0.05) is 66.2 Å². The molecular formula is C26H23ClFNO4. The van der Waals surface area contributed by atoms with E-state index in [4.69, 9.17) is 16.3 Å². The topological polar surface area (TPSA) is 66.8 Å². The number of benzene rings is 3. The van der Waals surface area contributed by atoms with Crippen LogP contribution in [0.5, 0.6) is 0 Å². The Hall–Kier alpha value is -3.38. The van der Waals surface area contributed by atoms with Gasteiger partial charge in [0.1, 0.15) is 12.4 Å². The van der Waals surface area contributed by atoms with Gasteiger partial charge in [0.25, 0.3) is 0 Å². The van der Waals surface area contributed by atoms with E-state index < -0.39 is 23.9 Å². The van der Waals surface area contributed by atoms with E-state index >= 15 is 0 Å². The quantitative estimate of drug-likeness (QED) is 0.480. The van der Waals surface area contributed by atoms with Crippen LogP contribution >= 0.6 is 11.6 Å². The van der Waals surface area contributed by atoms with Crippen LogP contribution in [0.2, 0.25) is 5.02 Å².